The van der Waals surface area contributed by atoms with Gasteiger partial charge in [0, 0.05) is 13.0 Å². The van der Waals surface area contributed by atoms with Crippen molar-refractivity contribution >= 4 is 11.9 Å². The molecule has 0 unspecified atom stereocenters. The van der Waals surface area contributed by atoms with Crippen LogP contribution in [0, 0.1) is 11.3 Å². The summed E-state index contributed by atoms with van der Waals surface area (Å²) in [6.45, 7) is 0.569. The standard InChI is InChI=1S/C11H16N2O4/c1-16-11(15)8(4-2-6-12)13-10(14)9-5-3-7-17-9/h8-9H,2-5,7H2,1H3,(H,13,14)/t8-,9+/m1/s1. The maximum absolute atomic E-state index is 11.7. The van der Waals surface area contributed by atoms with Gasteiger partial charge in [-0.1, -0.05) is 0 Å². The molecule has 0 aromatic carbocycles. The van der Waals surface area contributed by atoms with Crippen LogP contribution >= 0.6 is 0 Å². The number of hydrogen-bond acceptors (Lipinski definition) is 5. The van der Waals surface area contributed by atoms with Crippen LogP contribution in [0.5, 0.6) is 0 Å². The summed E-state index contributed by atoms with van der Waals surface area (Å²) in [6, 6.07) is 1.16. The van der Waals surface area contributed by atoms with Crippen molar-refractivity contribution < 1.29 is 19.1 Å². The summed E-state index contributed by atoms with van der Waals surface area (Å²) in [5.41, 5.74) is 0. The number of esters is 1. The van der Waals surface area contributed by atoms with Crippen LogP contribution in [0.2, 0.25) is 0 Å². The van der Waals surface area contributed by atoms with E-state index in [1.54, 1.807) is 0 Å². The van der Waals surface area contributed by atoms with Crippen LogP contribution in [-0.4, -0.2) is 37.7 Å². The molecule has 17 heavy (non-hydrogen) atoms. The first-order valence-electron chi connectivity index (χ1n) is 5.55. The predicted octanol–water partition coefficient (Wildman–Crippen LogP) is 0.127. The lowest BCUT2D eigenvalue weighted by atomic mass is 10.1. The molecule has 1 aliphatic heterocycles. The first-order valence-corrected chi connectivity index (χ1v) is 5.55. The van der Waals surface area contributed by atoms with Crippen LogP contribution in [0.25, 0.3) is 0 Å². The van der Waals surface area contributed by atoms with Gasteiger partial charge in [0.25, 0.3) is 0 Å². The SMILES string of the molecule is COC(=O)[C@@H](CCC#N)NC(=O)[C@@H]1CCCO1. The van der Waals surface area contributed by atoms with E-state index in [1.165, 1.54) is 7.11 Å². The zero-order chi connectivity index (χ0) is 12.7. The monoisotopic (exact) mass is 240 g/mol. The normalized spacial score (nSPS) is 20.4. The number of hydrogen-bond donors (Lipinski definition) is 1. The molecule has 0 radical (unpaired) electrons. The van der Waals surface area contributed by atoms with Crippen LogP contribution in [-0.2, 0) is 19.1 Å². The van der Waals surface area contributed by atoms with E-state index in [0.29, 0.717) is 13.0 Å². The maximum Gasteiger partial charge on any atom is 0.328 e. The van der Waals surface area contributed by atoms with Crippen molar-refractivity contribution in [3.63, 3.8) is 0 Å². The molecule has 1 saturated heterocycles. The molecule has 0 bridgehead atoms. The number of nitrogens with one attached hydrogen (secondary N) is 1. The molecule has 1 aliphatic rings. The van der Waals surface area contributed by atoms with Gasteiger partial charge in [-0.25, -0.2) is 4.79 Å². The Labute approximate surface area is 99.9 Å². The van der Waals surface area contributed by atoms with Crippen molar-refractivity contribution in [1.29, 1.82) is 5.26 Å². The molecular weight excluding hydrogens is 224 g/mol. The molecule has 6 heteroatoms. The number of nitriles is 1. The van der Waals surface area contributed by atoms with Gasteiger partial charge < -0.3 is 14.8 Å². The zero-order valence-electron chi connectivity index (χ0n) is 9.77. The van der Waals surface area contributed by atoms with Gasteiger partial charge in [0.15, 0.2) is 0 Å². The molecular formula is C11H16N2O4. The van der Waals surface area contributed by atoms with Crippen molar-refractivity contribution in [1.82, 2.24) is 5.32 Å². The Balaban J connectivity index is 2.49. The summed E-state index contributed by atoms with van der Waals surface area (Å²) < 4.78 is 9.77. The number of nitrogens with zero attached hydrogens (tertiary/aromatic N) is 1. The Hall–Kier alpha value is -1.61. The highest BCUT2D eigenvalue weighted by Crippen LogP contribution is 2.12. The van der Waals surface area contributed by atoms with E-state index in [-0.39, 0.29) is 18.7 Å². The average molecular weight is 240 g/mol. The Bertz CT molecular complexity index is 318. The van der Waals surface area contributed by atoms with Crippen LogP contribution in [0.15, 0.2) is 0 Å². The summed E-state index contributed by atoms with van der Waals surface area (Å²) >= 11 is 0. The van der Waals surface area contributed by atoms with E-state index < -0.39 is 18.1 Å². The zero-order valence-corrected chi connectivity index (χ0v) is 9.77. The molecule has 0 saturated carbocycles. The molecule has 1 N–H and O–H groups in total. The van der Waals surface area contributed by atoms with Crippen LogP contribution < -0.4 is 5.32 Å². The van der Waals surface area contributed by atoms with Crippen molar-refractivity contribution in [2.45, 2.75) is 37.8 Å². The van der Waals surface area contributed by atoms with Gasteiger partial charge in [-0.2, -0.15) is 5.26 Å². The van der Waals surface area contributed by atoms with E-state index in [9.17, 15) is 9.59 Å². The number of methoxy groups -OCH3 is 1. The van der Waals surface area contributed by atoms with Crippen molar-refractivity contribution in [3.05, 3.63) is 0 Å². The van der Waals surface area contributed by atoms with Crippen LogP contribution in [0.4, 0.5) is 0 Å². The molecule has 6 nitrogen and oxygen atoms in total. The fraction of sp³-hybridized carbons (Fsp3) is 0.727. The van der Waals surface area contributed by atoms with E-state index in [4.69, 9.17) is 10.00 Å². The lowest BCUT2D eigenvalue weighted by molar-refractivity contribution is -0.146. The van der Waals surface area contributed by atoms with Gasteiger partial charge in [-0.15, -0.1) is 0 Å². The third-order valence-electron chi connectivity index (χ3n) is 2.57. The summed E-state index contributed by atoms with van der Waals surface area (Å²) in [6.07, 6.45) is 1.47. The number of carbonyl (C=O) groups excluding carboxylic acids is 2. The van der Waals surface area contributed by atoms with E-state index in [0.717, 1.165) is 6.42 Å². The van der Waals surface area contributed by atoms with Crippen molar-refractivity contribution in [2.75, 3.05) is 13.7 Å². The van der Waals surface area contributed by atoms with Gasteiger partial charge in [-0.3, -0.25) is 4.79 Å². The first-order chi connectivity index (χ1) is 8.19. The molecule has 94 valence electrons. The smallest absolute Gasteiger partial charge is 0.328 e. The minimum atomic E-state index is -0.767. The molecule has 0 spiro atoms. The van der Waals surface area contributed by atoms with Crippen LogP contribution in [0.1, 0.15) is 25.7 Å². The fourth-order valence-electron chi connectivity index (χ4n) is 1.65. The highest BCUT2D eigenvalue weighted by atomic mass is 16.5. The highest BCUT2D eigenvalue weighted by Gasteiger charge is 2.28. The number of amides is 1. The second kappa shape index (κ2) is 6.86. The van der Waals surface area contributed by atoms with Gasteiger partial charge >= 0.3 is 5.97 Å². The first kappa shape index (κ1) is 13.5. The predicted molar refractivity (Wildman–Crippen MR) is 57.8 cm³/mol. The molecule has 1 rings (SSSR count). The van der Waals surface area contributed by atoms with Crippen molar-refractivity contribution in [3.8, 4) is 6.07 Å². The minimum Gasteiger partial charge on any atom is -0.467 e. The topological polar surface area (TPSA) is 88.4 Å². The van der Waals surface area contributed by atoms with E-state index >= 15 is 0 Å². The molecule has 0 aliphatic carbocycles. The molecule has 0 aromatic heterocycles. The second-order valence-corrected chi connectivity index (χ2v) is 3.78. The maximum atomic E-state index is 11.7. The van der Waals surface area contributed by atoms with E-state index in [2.05, 4.69) is 10.1 Å². The highest BCUT2D eigenvalue weighted by molar-refractivity contribution is 5.87. The van der Waals surface area contributed by atoms with Crippen LogP contribution in [0.3, 0.4) is 0 Å². The number of ether oxygens (including phenoxy) is 2. The van der Waals surface area contributed by atoms with Gasteiger partial charge in [0.05, 0.1) is 13.2 Å². The van der Waals surface area contributed by atoms with Gasteiger partial charge in [-0.05, 0) is 19.3 Å². The third-order valence-corrected chi connectivity index (χ3v) is 2.57. The minimum absolute atomic E-state index is 0.186. The molecule has 0 aromatic rings. The lowest BCUT2D eigenvalue weighted by Crippen LogP contribution is -2.45. The Morgan fingerprint density at radius 2 is 2.41 bits per heavy atom. The largest absolute Gasteiger partial charge is 0.467 e. The lowest BCUT2D eigenvalue weighted by Gasteiger charge is -2.17. The molecule has 2 atom stereocenters. The Kier molecular flexibility index (Phi) is 5.43. The molecule has 1 fully saturated rings. The Morgan fingerprint density at radius 1 is 1.65 bits per heavy atom. The second-order valence-electron chi connectivity index (χ2n) is 3.78. The summed E-state index contributed by atoms with van der Waals surface area (Å²) in [5.74, 6) is -0.845. The molecule has 1 amide bonds. The van der Waals surface area contributed by atoms with E-state index in [1.807, 2.05) is 6.07 Å². The fourth-order valence-corrected chi connectivity index (χ4v) is 1.65. The Morgan fingerprint density at radius 3 is 2.94 bits per heavy atom. The van der Waals surface area contributed by atoms with Gasteiger partial charge in [0.2, 0.25) is 5.91 Å². The summed E-state index contributed by atoms with van der Waals surface area (Å²) in [5, 5.41) is 11.0. The summed E-state index contributed by atoms with van der Waals surface area (Å²) in [7, 11) is 1.25. The van der Waals surface area contributed by atoms with Crippen molar-refractivity contribution in [2.24, 2.45) is 0 Å². The average Bonchev–Trinajstić information content (AvgIpc) is 2.87. The molecule has 1 heterocycles. The quantitative estimate of drug-likeness (QED) is 0.690. The number of carbonyl (C=O) groups is 2. The number of rotatable bonds is 5. The van der Waals surface area contributed by atoms with Gasteiger partial charge in [0.1, 0.15) is 12.1 Å². The third kappa shape index (κ3) is 4.04. The summed E-state index contributed by atoms with van der Waals surface area (Å²) in [4.78, 5) is 23.1.